The molecule has 0 aromatic heterocycles. The predicted molar refractivity (Wildman–Crippen MR) is 85.5 cm³/mol. The first-order valence-electron chi connectivity index (χ1n) is 8.45. The van der Waals surface area contributed by atoms with Crippen LogP contribution >= 0.6 is 0 Å². The zero-order valence-electron chi connectivity index (χ0n) is 13.6. The van der Waals surface area contributed by atoms with Gasteiger partial charge in [-0.15, -0.1) is 0 Å². The van der Waals surface area contributed by atoms with E-state index >= 15 is 0 Å². The maximum Gasteiger partial charge on any atom is 0.125 e. The number of aliphatic hydroxyl groups is 1. The van der Waals surface area contributed by atoms with Crippen molar-refractivity contribution in [3.8, 4) is 5.75 Å². The first-order chi connectivity index (χ1) is 9.97. The third-order valence-electron chi connectivity index (χ3n) is 5.13. The fraction of sp³-hybridized carbons (Fsp3) is 0.684. The van der Waals surface area contributed by atoms with E-state index in [1.807, 2.05) is 6.07 Å². The van der Waals surface area contributed by atoms with Gasteiger partial charge in [-0.25, -0.2) is 0 Å². The quantitative estimate of drug-likeness (QED) is 0.848. The van der Waals surface area contributed by atoms with Crippen LogP contribution < -0.4 is 4.74 Å². The van der Waals surface area contributed by atoms with E-state index < -0.39 is 0 Å². The number of fused-ring (bicyclic) bond motifs is 1. The fourth-order valence-electron chi connectivity index (χ4n) is 4.35. The number of benzene rings is 1. The molecule has 1 aromatic carbocycles. The molecular weight excluding hydrogens is 260 g/mol. The Morgan fingerprint density at radius 1 is 1.33 bits per heavy atom. The van der Waals surface area contributed by atoms with E-state index in [2.05, 4.69) is 32.9 Å². The maximum atomic E-state index is 10.6. The van der Waals surface area contributed by atoms with Gasteiger partial charge in [0, 0.05) is 12.0 Å². The zero-order valence-corrected chi connectivity index (χ0v) is 13.6. The number of aryl methyl sites for hydroxylation is 1. The van der Waals surface area contributed by atoms with E-state index in [-0.39, 0.29) is 11.7 Å². The minimum atomic E-state index is -0.369. The van der Waals surface area contributed by atoms with Gasteiger partial charge in [-0.2, -0.15) is 0 Å². The topological polar surface area (TPSA) is 29.5 Å². The predicted octanol–water partition coefficient (Wildman–Crippen LogP) is 4.79. The molecule has 0 saturated heterocycles. The summed E-state index contributed by atoms with van der Waals surface area (Å²) in [4.78, 5) is 0. The van der Waals surface area contributed by atoms with Crippen LogP contribution in [0.4, 0.5) is 0 Å². The van der Waals surface area contributed by atoms with Gasteiger partial charge < -0.3 is 9.84 Å². The molecule has 21 heavy (non-hydrogen) atoms. The molecule has 1 aromatic rings. The second-order valence-corrected chi connectivity index (χ2v) is 7.64. The van der Waals surface area contributed by atoms with Crippen LogP contribution in [0.5, 0.6) is 5.75 Å². The molecule has 0 bridgehead atoms. The van der Waals surface area contributed by atoms with Crippen molar-refractivity contribution in [1.82, 2.24) is 0 Å². The lowest BCUT2D eigenvalue weighted by molar-refractivity contribution is -0.0538. The largest absolute Gasteiger partial charge is 0.487 e. The van der Waals surface area contributed by atoms with E-state index in [9.17, 15) is 5.11 Å². The SMILES string of the molecule is Cc1ccc2c(c1)[C@H](O)CC1(CCCC(CC(C)C)C1)O2. The molecule has 2 unspecified atom stereocenters. The highest BCUT2D eigenvalue weighted by Gasteiger charge is 2.43. The number of aliphatic hydroxyl groups excluding tert-OH is 1. The normalized spacial score (nSPS) is 32.0. The van der Waals surface area contributed by atoms with Crippen LogP contribution in [-0.4, -0.2) is 10.7 Å². The lowest BCUT2D eigenvalue weighted by atomic mass is 9.71. The molecule has 1 N–H and O–H groups in total. The summed E-state index contributed by atoms with van der Waals surface area (Å²) >= 11 is 0. The Labute approximate surface area is 128 Å². The van der Waals surface area contributed by atoms with Crippen LogP contribution in [0.15, 0.2) is 18.2 Å². The Morgan fingerprint density at radius 3 is 2.90 bits per heavy atom. The molecular formula is C19H28O2. The molecule has 1 aliphatic carbocycles. The highest BCUT2D eigenvalue weighted by atomic mass is 16.5. The molecule has 0 radical (unpaired) electrons. The molecule has 1 spiro atoms. The zero-order chi connectivity index (χ0) is 15.0. The number of hydrogen-bond donors (Lipinski definition) is 1. The highest BCUT2D eigenvalue weighted by molar-refractivity contribution is 5.41. The Balaban J connectivity index is 1.82. The molecule has 1 fully saturated rings. The summed E-state index contributed by atoms with van der Waals surface area (Å²) in [6, 6.07) is 6.20. The number of hydrogen-bond acceptors (Lipinski definition) is 2. The Morgan fingerprint density at radius 2 is 2.14 bits per heavy atom. The van der Waals surface area contributed by atoms with Crippen LogP contribution in [0.25, 0.3) is 0 Å². The molecule has 2 nitrogen and oxygen atoms in total. The van der Waals surface area contributed by atoms with Crippen molar-refractivity contribution in [2.75, 3.05) is 0 Å². The summed E-state index contributed by atoms with van der Waals surface area (Å²) in [5.74, 6) is 2.40. The smallest absolute Gasteiger partial charge is 0.125 e. The van der Waals surface area contributed by atoms with E-state index in [1.54, 1.807) is 0 Å². The molecule has 116 valence electrons. The Hall–Kier alpha value is -1.02. The van der Waals surface area contributed by atoms with Gasteiger partial charge >= 0.3 is 0 Å². The minimum absolute atomic E-state index is 0.126. The lowest BCUT2D eigenvalue weighted by Gasteiger charge is -2.46. The first kappa shape index (κ1) is 14.9. The average molecular weight is 288 g/mol. The van der Waals surface area contributed by atoms with Gasteiger partial charge in [-0.3, -0.25) is 0 Å². The van der Waals surface area contributed by atoms with E-state index in [1.165, 1.54) is 24.8 Å². The second-order valence-electron chi connectivity index (χ2n) is 7.64. The molecule has 2 heteroatoms. The fourth-order valence-corrected chi connectivity index (χ4v) is 4.35. The summed E-state index contributed by atoms with van der Waals surface area (Å²) in [7, 11) is 0. The molecule has 1 saturated carbocycles. The van der Waals surface area contributed by atoms with Crippen LogP contribution in [0.2, 0.25) is 0 Å². The van der Waals surface area contributed by atoms with E-state index in [4.69, 9.17) is 4.74 Å². The van der Waals surface area contributed by atoms with Crippen molar-refractivity contribution in [2.24, 2.45) is 11.8 Å². The van der Waals surface area contributed by atoms with Crippen molar-refractivity contribution in [3.63, 3.8) is 0 Å². The van der Waals surface area contributed by atoms with E-state index in [0.29, 0.717) is 0 Å². The van der Waals surface area contributed by atoms with Crippen molar-refractivity contribution >= 4 is 0 Å². The second kappa shape index (κ2) is 5.64. The van der Waals surface area contributed by atoms with Crippen molar-refractivity contribution in [3.05, 3.63) is 29.3 Å². The van der Waals surface area contributed by atoms with Crippen molar-refractivity contribution in [2.45, 2.75) is 71.0 Å². The van der Waals surface area contributed by atoms with Crippen LogP contribution in [0, 0.1) is 18.8 Å². The third-order valence-corrected chi connectivity index (χ3v) is 5.13. The summed E-state index contributed by atoms with van der Waals surface area (Å²) in [5.41, 5.74) is 2.04. The van der Waals surface area contributed by atoms with Gasteiger partial charge in [-0.05, 0) is 56.6 Å². The number of ether oxygens (including phenoxy) is 1. The molecule has 0 amide bonds. The molecule has 1 heterocycles. The third kappa shape index (κ3) is 3.11. The van der Waals surface area contributed by atoms with E-state index in [0.717, 1.165) is 42.4 Å². The van der Waals surface area contributed by atoms with Crippen LogP contribution in [-0.2, 0) is 0 Å². The highest BCUT2D eigenvalue weighted by Crippen LogP contribution is 2.48. The Bertz CT molecular complexity index is 508. The molecule has 2 aliphatic rings. The Kier molecular flexibility index (Phi) is 4.00. The van der Waals surface area contributed by atoms with Crippen LogP contribution in [0.1, 0.15) is 69.6 Å². The minimum Gasteiger partial charge on any atom is -0.487 e. The van der Waals surface area contributed by atoms with Gasteiger partial charge in [0.25, 0.3) is 0 Å². The van der Waals surface area contributed by atoms with Gasteiger partial charge in [0.05, 0.1) is 6.10 Å². The lowest BCUT2D eigenvalue weighted by Crippen LogP contribution is -2.45. The summed E-state index contributed by atoms with van der Waals surface area (Å²) in [6.07, 6.45) is 6.42. The maximum absolute atomic E-state index is 10.6. The average Bonchev–Trinajstić information content (AvgIpc) is 2.39. The standard InChI is InChI=1S/C19H28O2/c1-13(2)9-15-5-4-8-19(11-15)12-17(20)16-10-14(3)6-7-18(16)21-19/h6-7,10,13,15,17,20H,4-5,8-9,11-12H2,1-3H3/t15?,17-,19?/m1/s1. The van der Waals surface area contributed by atoms with Crippen molar-refractivity contribution in [1.29, 1.82) is 0 Å². The molecule has 3 atom stereocenters. The summed E-state index contributed by atoms with van der Waals surface area (Å²) < 4.78 is 6.44. The van der Waals surface area contributed by atoms with Gasteiger partial charge in [0.1, 0.15) is 11.4 Å². The summed E-state index contributed by atoms with van der Waals surface area (Å²) in [6.45, 7) is 6.67. The van der Waals surface area contributed by atoms with Crippen molar-refractivity contribution < 1.29 is 9.84 Å². The molecule has 1 aliphatic heterocycles. The monoisotopic (exact) mass is 288 g/mol. The first-order valence-corrected chi connectivity index (χ1v) is 8.45. The summed E-state index contributed by atoms with van der Waals surface area (Å²) in [5, 5.41) is 10.6. The number of rotatable bonds is 2. The van der Waals surface area contributed by atoms with Gasteiger partial charge in [0.15, 0.2) is 0 Å². The molecule has 3 rings (SSSR count). The van der Waals surface area contributed by atoms with Gasteiger partial charge in [-0.1, -0.05) is 31.9 Å². The van der Waals surface area contributed by atoms with Crippen LogP contribution in [0.3, 0.4) is 0 Å². The van der Waals surface area contributed by atoms with Gasteiger partial charge in [0.2, 0.25) is 0 Å².